The van der Waals surface area contributed by atoms with E-state index in [0.717, 1.165) is 15.3 Å². The first-order valence-electron chi connectivity index (χ1n) is 9.88. The van der Waals surface area contributed by atoms with Crippen molar-refractivity contribution in [3.8, 4) is 0 Å². The summed E-state index contributed by atoms with van der Waals surface area (Å²) in [7, 11) is 0. The molecule has 1 aliphatic rings. The predicted molar refractivity (Wildman–Crippen MR) is 118 cm³/mol. The van der Waals surface area contributed by atoms with Gasteiger partial charge in [0.2, 0.25) is 11.8 Å². The molecule has 1 fully saturated rings. The zero-order valence-electron chi connectivity index (χ0n) is 17.5. The Labute approximate surface area is 178 Å². The molecule has 0 spiro atoms. The lowest BCUT2D eigenvalue weighted by atomic mass is 9.96. The van der Waals surface area contributed by atoms with Crippen molar-refractivity contribution in [2.45, 2.75) is 63.9 Å². The quantitative estimate of drug-likeness (QED) is 0.574. The Morgan fingerprint density at radius 2 is 1.83 bits per heavy atom. The van der Waals surface area contributed by atoms with Gasteiger partial charge in [0.15, 0.2) is 5.16 Å². The molecule has 1 atom stereocenters. The Hall–Kier alpha value is -1.87. The van der Waals surface area contributed by atoms with E-state index < -0.39 is 0 Å². The van der Waals surface area contributed by atoms with Crippen molar-refractivity contribution in [3.63, 3.8) is 0 Å². The van der Waals surface area contributed by atoms with Crippen LogP contribution < -0.4 is 11.3 Å². The van der Waals surface area contributed by atoms with Crippen molar-refractivity contribution in [2.24, 2.45) is 11.7 Å². The van der Waals surface area contributed by atoms with Crippen LogP contribution in [-0.2, 0) is 9.59 Å². The highest BCUT2D eigenvalue weighted by atomic mass is 32.2. The van der Waals surface area contributed by atoms with Crippen LogP contribution in [0.2, 0.25) is 0 Å². The Balaban J connectivity index is 1.85. The molecule has 2 aromatic rings. The largest absolute Gasteiger partial charge is 0.369 e. The number of aryl methyl sites for hydroxylation is 2. The normalized spacial score (nSPS) is 16.6. The van der Waals surface area contributed by atoms with E-state index in [1.807, 2.05) is 34.6 Å². The number of nitrogens with zero attached hydrogens (tertiary/aromatic N) is 3. The number of piperidine rings is 1. The second-order valence-electron chi connectivity index (χ2n) is 7.89. The lowest BCUT2D eigenvalue weighted by molar-refractivity contribution is -0.134. The molecule has 9 heteroatoms. The van der Waals surface area contributed by atoms with Gasteiger partial charge in [-0.25, -0.2) is 4.98 Å². The maximum Gasteiger partial charge on any atom is 0.263 e. The molecule has 1 saturated heterocycles. The molecule has 29 heavy (non-hydrogen) atoms. The Kier molecular flexibility index (Phi) is 6.38. The van der Waals surface area contributed by atoms with Crippen molar-refractivity contribution in [3.05, 3.63) is 20.8 Å². The van der Waals surface area contributed by atoms with Gasteiger partial charge in [0.05, 0.1) is 10.6 Å². The monoisotopic (exact) mass is 436 g/mol. The number of hydrogen-bond acceptors (Lipinski definition) is 6. The van der Waals surface area contributed by atoms with Crippen molar-refractivity contribution in [2.75, 3.05) is 13.1 Å². The van der Waals surface area contributed by atoms with E-state index in [-0.39, 0.29) is 34.6 Å². The summed E-state index contributed by atoms with van der Waals surface area (Å²) in [5.41, 5.74) is 6.32. The highest BCUT2D eigenvalue weighted by molar-refractivity contribution is 8.00. The van der Waals surface area contributed by atoms with Gasteiger partial charge < -0.3 is 10.6 Å². The molecule has 3 rings (SSSR count). The van der Waals surface area contributed by atoms with Crippen molar-refractivity contribution < 1.29 is 9.59 Å². The molecule has 0 aromatic carbocycles. The van der Waals surface area contributed by atoms with Crippen LogP contribution in [0.15, 0.2) is 9.95 Å². The van der Waals surface area contributed by atoms with Crippen LogP contribution in [0.4, 0.5) is 0 Å². The fourth-order valence-electron chi connectivity index (χ4n) is 3.68. The van der Waals surface area contributed by atoms with E-state index in [1.165, 1.54) is 23.1 Å². The number of nitrogens with two attached hydrogens (primary N) is 1. The maximum atomic E-state index is 13.2. The van der Waals surface area contributed by atoms with E-state index in [2.05, 4.69) is 0 Å². The number of thioether (sulfide) groups is 1. The number of hydrogen-bond donors (Lipinski definition) is 1. The number of fused-ring (bicyclic) bond motifs is 1. The van der Waals surface area contributed by atoms with E-state index in [1.54, 1.807) is 9.47 Å². The fourth-order valence-corrected chi connectivity index (χ4v) is 5.87. The van der Waals surface area contributed by atoms with Gasteiger partial charge in [0.25, 0.3) is 5.56 Å². The second kappa shape index (κ2) is 8.47. The number of rotatable bonds is 5. The molecule has 1 aliphatic heterocycles. The van der Waals surface area contributed by atoms with E-state index in [9.17, 15) is 14.4 Å². The van der Waals surface area contributed by atoms with Gasteiger partial charge >= 0.3 is 0 Å². The summed E-state index contributed by atoms with van der Waals surface area (Å²) >= 11 is 2.84. The van der Waals surface area contributed by atoms with Crippen LogP contribution >= 0.6 is 23.1 Å². The Morgan fingerprint density at radius 1 is 1.21 bits per heavy atom. The molecule has 1 unspecified atom stereocenters. The fraction of sp³-hybridized carbons (Fsp3) is 0.600. The Bertz CT molecular complexity index is 1000. The lowest BCUT2D eigenvalue weighted by Gasteiger charge is -2.32. The molecule has 7 nitrogen and oxygen atoms in total. The highest BCUT2D eigenvalue weighted by Crippen LogP contribution is 2.31. The summed E-state index contributed by atoms with van der Waals surface area (Å²) < 4.78 is 1.69. The van der Waals surface area contributed by atoms with Crippen molar-refractivity contribution in [1.82, 2.24) is 14.5 Å². The minimum absolute atomic E-state index is 0.00103. The van der Waals surface area contributed by atoms with Gasteiger partial charge in [-0.15, -0.1) is 11.3 Å². The van der Waals surface area contributed by atoms with Crippen molar-refractivity contribution >= 4 is 45.1 Å². The molecule has 3 heterocycles. The number of carbonyl (C=O) groups excluding carboxylic acids is 2. The van der Waals surface area contributed by atoms with Crippen LogP contribution in [0.25, 0.3) is 10.2 Å². The summed E-state index contributed by atoms with van der Waals surface area (Å²) in [5.74, 6) is -0.442. The summed E-state index contributed by atoms with van der Waals surface area (Å²) in [6.45, 7) is 10.8. The molecule has 2 aromatic heterocycles. The first kappa shape index (κ1) is 21.8. The van der Waals surface area contributed by atoms with E-state index in [0.29, 0.717) is 36.5 Å². The zero-order chi connectivity index (χ0) is 21.5. The molecular weight excluding hydrogens is 408 g/mol. The van der Waals surface area contributed by atoms with E-state index >= 15 is 0 Å². The SMILES string of the molecule is Cc1sc2nc(SC(C)C(=O)N3CCC(C(N)=O)CC3)n(C(C)C)c(=O)c2c1C. The number of primary amides is 1. The molecule has 0 aliphatic carbocycles. The van der Waals surface area contributed by atoms with Gasteiger partial charge in [-0.2, -0.15) is 0 Å². The summed E-state index contributed by atoms with van der Waals surface area (Å²) in [4.78, 5) is 45.8. The highest BCUT2D eigenvalue weighted by Gasteiger charge is 2.30. The molecule has 0 saturated carbocycles. The lowest BCUT2D eigenvalue weighted by Crippen LogP contribution is -2.44. The van der Waals surface area contributed by atoms with Crippen LogP contribution in [0.1, 0.15) is 50.1 Å². The number of thiophene rings is 1. The number of amides is 2. The minimum Gasteiger partial charge on any atom is -0.369 e. The molecule has 158 valence electrons. The average molecular weight is 437 g/mol. The van der Waals surface area contributed by atoms with Gasteiger partial charge in [-0.3, -0.25) is 19.0 Å². The third-order valence-electron chi connectivity index (χ3n) is 5.56. The maximum absolute atomic E-state index is 13.2. The number of likely N-dealkylation sites (tertiary alicyclic amines) is 1. The first-order valence-corrected chi connectivity index (χ1v) is 11.6. The van der Waals surface area contributed by atoms with Crippen molar-refractivity contribution in [1.29, 1.82) is 0 Å². The van der Waals surface area contributed by atoms with Crippen LogP contribution in [0.5, 0.6) is 0 Å². The first-order chi connectivity index (χ1) is 13.6. The van der Waals surface area contributed by atoms with Crippen LogP contribution in [0, 0.1) is 19.8 Å². The van der Waals surface area contributed by atoms with Gasteiger partial charge in [-0.05, 0) is 53.0 Å². The van der Waals surface area contributed by atoms with Crippen LogP contribution in [-0.4, -0.2) is 44.6 Å². The summed E-state index contributed by atoms with van der Waals surface area (Å²) in [6, 6.07) is -0.0601. The van der Waals surface area contributed by atoms with Gasteiger partial charge in [-0.1, -0.05) is 11.8 Å². The molecule has 2 N–H and O–H groups in total. The zero-order valence-corrected chi connectivity index (χ0v) is 19.2. The minimum atomic E-state index is -0.378. The molecule has 0 radical (unpaired) electrons. The number of carbonyl (C=O) groups is 2. The van der Waals surface area contributed by atoms with Gasteiger partial charge in [0, 0.05) is 29.9 Å². The molecular formula is C20H28N4O3S2. The number of aromatic nitrogens is 2. The summed E-state index contributed by atoms with van der Waals surface area (Å²) in [6.07, 6.45) is 1.21. The third kappa shape index (κ3) is 4.21. The summed E-state index contributed by atoms with van der Waals surface area (Å²) in [5, 5.41) is 0.876. The van der Waals surface area contributed by atoms with Gasteiger partial charge in [0.1, 0.15) is 4.83 Å². The molecule has 0 bridgehead atoms. The Morgan fingerprint density at radius 3 is 2.38 bits per heavy atom. The second-order valence-corrected chi connectivity index (χ2v) is 10.4. The smallest absolute Gasteiger partial charge is 0.263 e. The molecule has 2 amide bonds. The van der Waals surface area contributed by atoms with Crippen LogP contribution in [0.3, 0.4) is 0 Å². The predicted octanol–water partition coefficient (Wildman–Crippen LogP) is 2.86. The van der Waals surface area contributed by atoms with E-state index in [4.69, 9.17) is 10.7 Å². The topological polar surface area (TPSA) is 98.3 Å². The average Bonchev–Trinajstić information content (AvgIpc) is 2.94. The third-order valence-corrected chi connectivity index (χ3v) is 7.71. The standard InChI is InChI=1S/C20H28N4O3S2/c1-10(2)24-19(27)15-11(3)12(4)28-17(15)22-20(24)29-13(5)18(26)23-8-6-14(7-9-23)16(21)25/h10,13-14H,6-9H2,1-5H3,(H2,21,25).